The van der Waals surface area contributed by atoms with Gasteiger partial charge in [0.25, 0.3) is 5.91 Å². The minimum atomic E-state index is -0.100. The maximum atomic E-state index is 11.8. The first kappa shape index (κ1) is 15.1. The molecule has 1 atom stereocenters. The largest absolute Gasteiger partial charge is 0.484 e. The summed E-state index contributed by atoms with van der Waals surface area (Å²) in [4.78, 5) is 11.8. The molecule has 20 heavy (non-hydrogen) atoms. The highest BCUT2D eigenvalue weighted by atomic mass is 35.5. The average molecular weight is 297 g/mol. The Labute approximate surface area is 124 Å². The van der Waals surface area contributed by atoms with Crippen LogP contribution in [0.1, 0.15) is 19.8 Å². The van der Waals surface area contributed by atoms with Crippen LogP contribution in [0.2, 0.25) is 5.02 Å². The van der Waals surface area contributed by atoms with Crippen molar-refractivity contribution in [2.45, 2.75) is 19.8 Å². The summed E-state index contributed by atoms with van der Waals surface area (Å²) in [7, 11) is 0. The summed E-state index contributed by atoms with van der Waals surface area (Å²) in [6.45, 7) is 4.91. The number of amides is 1. The third-order valence-corrected chi connectivity index (χ3v) is 3.80. The van der Waals surface area contributed by atoms with Crippen molar-refractivity contribution in [3.8, 4) is 5.75 Å². The van der Waals surface area contributed by atoms with Crippen LogP contribution in [0.5, 0.6) is 5.75 Å². The maximum absolute atomic E-state index is 11.8. The molecule has 2 rings (SSSR count). The Bertz CT molecular complexity index is 459. The predicted octanol–water partition coefficient (Wildman–Crippen LogP) is 2.22. The first-order chi connectivity index (χ1) is 9.57. The van der Waals surface area contributed by atoms with Crippen molar-refractivity contribution < 1.29 is 9.53 Å². The number of halogens is 1. The first-order valence-electron chi connectivity index (χ1n) is 6.93. The van der Waals surface area contributed by atoms with Crippen molar-refractivity contribution in [2.24, 2.45) is 5.41 Å². The molecule has 5 heteroatoms. The van der Waals surface area contributed by atoms with Gasteiger partial charge < -0.3 is 15.4 Å². The molecular formula is C15H21ClN2O2. The maximum Gasteiger partial charge on any atom is 0.257 e. The summed E-state index contributed by atoms with van der Waals surface area (Å²) < 4.78 is 5.41. The van der Waals surface area contributed by atoms with E-state index in [0.29, 0.717) is 17.3 Å². The van der Waals surface area contributed by atoms with Gasteiger partial charge in [-0.3, -0.25) is 4.79 Å². The molecule has 110 valence electrons. The van der Waals surface area contributed by atoms with Crippen LogP contribution in [0.25, 0.3) is 0 Å². The van der Waals surface area contributed by atoms with Crippen molar-refractivity contribution in [1.29, 1.82) is 0 Å². The van der Waals surface area contributed by atoms with E-state index in [0.717, 1.165) is 25.9 Å². The predicted molar refractivity (Wildman–Crippen MR) is 80.2 cm³/mol. The number of nitrogens with one attached hydrogen (secondary N) is 2. The number of piperidine rings is 1. The normalized spacial score (nSPS) is 22.3. The highest BCUT2D eigenvalue weighted by Gasteiger charge is 2.26. The Morgan fingerprint density at radius 2 is 2.40 bits per heavy atom. The van der Waals surface area contributed by atoms with Gasteiger partial charge in [0.15, 0.2) is 6.61 Å². The topological polar surface area (TPSA) is 50.4 Å². The molecule has 0 bridgehead atoms. The fourth-order valence-corrected chi connectivity index (χ4v) is 2.52. The van der Waals surface area contributed by atoms with E-state index >= 15 is 0 Å². The van der Waals surface area contributed by atoms with E-state index in [-0.39, 0.29) is 17.9 Å². The lowest BCUT2D eigenvalue weighted by molar-refractivity contribution is -0.123. The van der Waals surface area contributed by atoms with Gasteiger partial charge in [0.1, 0.15) is 5.75 Å². The molecule has 1 aromatic rings. The molecular weight excluding hydrogens is 276 g/mol. The van der Waals surface area contributed by atoms with E-state index in [1.54, 1.807) is 24.3 Å². The van der Waals surface area contributed by atoms with Crippen LogP contribution >= 0.6 is 11.6 Å². The Kier molecular flexibility index (Phi) is 5.26. The van der Waals surface area contributed by atoms with Gasteiger partial charge in [0, 0.05) is 18.1 Å². The molecule has 1 heterocycles. The molecule has 0 radical (unpaired) electrons. The quantitative estimate of drug-likeness (QED) is 0.876. The second-order valence-electron chi connectivity index (χ2n) is 5.61. The molecule has 0 saturated carbocycles. The molecule has 1 amide bonds. The average Bonchev–Trinajstić information content (AvgIpc) is 2.44. The van der Waals surface area contributed by atoms with Crippen LogP contribution in [-0.4, -0.2) is 32.1 Å². The van der Waals surface area contributed by atoms with Crippen molar-refractivity contribution in [1.82, 2.24) is 10.6 Å². The van der Waals surface area contributed by atoms with Gasteiger partial charge in [0.05, 0.1) is 0 Å². The molecule has 1 fully saturated rings. The zero-order valence-corrected chi connectivity index (χ0v) is 12.5. The zero-order valence-electron chi connectivity index (χ0n) is 11.7. The number of benzene rings is 1. The fourth-order valence-electron chi connectivity index (χ4n) is 2.34. The van der Waals surface area contributed by atoms with Gasteiger partial charge in [-0.2, -0.15) is 0 Å². The molecule has 1 unspecified atom stereocenters. The molecule has 0 aliphatic carbocycles. The Hall–Kier alpha value is -1.26. The van der Waals surface area contributed by atoms with Gasteiger partial charge in [-0.15, -0.1) is 0 Å². The number of hydrogen-bond donors (Lipinski definition) is 2. The molecule has 0 aromatic heterocycles. The summed E-state index contributed by atoms with van der Waals surface area (Å²) in [6.07, 6.45) is 2.29. The number of hydrogen-bond acceptors (Lipinski definition) is 3. The lowest BCUT2D eigenvalue weighted by atomic mass is 9.83. The van der Waals surface area contributed by atoms with Crippen LogP contribution in [0.15, 0.2) is 24.3 Å². The highest BCUT2D eigenvalue weighted by Crippen LogP contribution is 2.24. The Morgan fingerprint density at radius 1 is 1.55 bits per heavy atom. The zero-order chi connectivity index (χ0) is 14.4. The molecule has 2 N–H and O–H groups in total. The summed E-state index contributed by atoms with van der Waals surface area (Å²) in [5.41, 5.74) is 0.143. The monoisotopic (exact) mass is 296 g/mol. The van der Waals surface area contributed by atoms with Crippen LogP contribution in [0.3, 0.4) is 0 Å². The smallest absolute Gasteiger partial charge is 0.257 e. The Morgan fingerprint density at radius 3 is 3.10 bits per heavy atom. The standard InChI is InChI=1S/C15H21ClN2O2/c1-15(6-3-7-17-10-15)11-18-14(19)9-20-13-5-2-4-12(16)8-13/h2,4-5,8,17H,3,6-7,9-11H2,1H3,(H,18,19). The molecule has 1 aliphatic heterocycles. The summed E-state index contributed by atoms with van der Waals surface area (Å²) in [6, 6.07) is 7.04. The molecule has 0 spiro atoms. The molecule has 1 saturated heterocycles. The van der Waals surface area contributed by atoms with Gasteiger partial charge in [0.2, 0.25) is 0 Å². The summed E-state index contributed by atoms with van der Waals surface area (Å²) in [5.74, 6) is 0.509. The van der Waals surface area contributed by atoms with Crippen molar-refractivity contribution in [2.75, 3.05) is 26.2 Å². The number of carbonyl (C=O) groups is 1. The minimum absolute atomic E-state index is 0.0177. The molecule has 1 aliphatic rings. The second-order valence-corrected chi connectivity index (χ2v) is 6.05. The van der Waals surface area contributed by atoms with Crippen LogP contribution in [0.4, 0.5) is 0 Å². The number of ether oxygens (including phenoxy) is 1. The van der Waals surface area contributed by atoms with E-state index in [2.05, 4.69) is 17.6 Å². The van der Waals surface area contributed by atoms with E-state index in [1.165, 1.54) is 0 Å². The van der Waals surface area contributed by atoms with Gasteiger partial charge in [-0.25, -0.2) is 0 Å². The summed E-state index contributed by atoms with van der Waals surface area (Å²) >= 11 is 5.85. The van der Waals surface area contributed by atoms with Gasteiger partial charge in [-0.1, -0.05) is 24.6 Å². The summed E-state index contributed by atoms with van der Waals surface area (Å²) in [5, 5.41) is 6.91. The fraction of sp³-hybridized carbons (Fsp3) is 0.533. The van der Waals surface area contributed by atoms with Gasteiger partial charge in [-0.05, 0) is 43.0 Å². The number of rotatable bonds is 5. The first-order valence-corrected chi connectivity index (χ1v) is 7.31. The lowest BCUT2D eigenvalue weighted by Crippen LogP contribution is -2.46. The SMILES string of the molecule is CC1(CNC(=O)COc2cccc(Cl)c2)CCCNC1. The van der Waals surface area contributed by atoms with E-state index in [4.69, 9.17) is 16.3 Å². The minimum Gasteiger partial charge on any atom is -0.484 e. The third kappa shape index (κ3) is 4.69. The second kappa shape index (κ2) is 6.95. The van der Waals surface area contributed by atoms with E-state index in [9.17, 15) is 4.79 Å². The van der Waals surface area contributed by atoms with Crippen molar-refractivity contribution in [3.05, 3.63) is 29.3 Å². The third-order valence-electron chi connectivity index (χ3n) is 3.56. The van der Waals surface area contributed by atoms with E-state index < -0.39 is 0 Å². The van der Waals surface area contributed by atoms with Crippen molar-refractivity contribution in [3.63, 3.8) is 0 Å². The Balaban J connectivity index is 1.72. The van der Waals surface area contributed by atoms with Crippen LogP contribution in [-0.2, 0) is 4.79 Å². The highest BCUT2D eigenvalue weighted by molar-refractivity contribution is 6.30. The van der Waals surface area contributed by atoms with E-state index in [1.807, 2.05) is 0 Å². The lowest BCUT2D eigenvalue weighted by Gasteiger charge is -2.34. The van der Waals surface area contributed by atoms with Crippen molar-refractivity contribution >= 4 is 17.5 Å². The molecule has 1 aromatic carbocycles. The van der Waals surface area contributed by atoms with Gasteiger partial charge >= 0.3 is 0 Å². The van der Waals surface area contributed by atoms with Crippen LogP contribution < -0.4 is 15.4 Å². The van der Waals surface area contributed by atoms with Crippen LogP contribution in [0, 0.1) is 5.41 Å². The number of carbonyl (C=O) groups excluding carboxylic acids is 1. The molecule has 4 nitrogen and oxygen atoms in total.